The van der Waals surface area contributed by atoms with Gasteiger partial charge in [0.15, 0.2) is 0 Å². The first-order valence-electron chi connectivity index (χ1n) is 6.29. The van der Waals surface area contributed by atoms with Crippen LogP contribution in [0.25, 0.3) is 6.08 Å². The Hall–Kier alpha value is -1.57. The molecule has 0 unspecified atom stereocenters. The van der Waals surface area contributed by atoms with Crippen LogP contribution in [0.1, 0.15) is 51.7 Å². The summed E-state index contributed by atoms with van der Waals surface area (Å²) in [5.74, 6) is 0.212. The van der Waals surface area contributed by atoms with E-state index in [9.17, 15) is 4.79 Å². The Kier molecular flexibility index (Phi) is 4.71. The lowest BCUT2D eigenvalue weighted by Gasteiger charge is -2.17. The summed E-state index contributed by atoms with van der Waals surface area (Å²) in [5, 5.41) is 0. The fourth-order valence-electron chi connectivity index (χ4n) is 1.49. The van der Waals surface area contributed by atoms with E-state index < -0.39 is 5.60 Å². The van der Waals surface area contributed by atoms with E-state index >= 15 is 0 Å². The Bertz CT molecular complexity index is 419. The lowest BCUT2D eigenvalue weighted by Crippen LogP contribution is -2.22. The minimum Gasteiger partial charge on any atom is -0.457 e. The molecule has 1 aromatic carbocycles. The Labute approximate surface area is 110 Å². The van der Waals surface area contributed by atoms with Gasteiger partial charge in [0.25, 0.3) is 0 Å². The fourth-order valence-corrected chi connectivity index (χ4v) is 1.49. The molecule has 0 saturated carbocycles. The van der Waals surface area contributed by atoms with Gasteiger partial charge in [0.1, 0.15) is 5.60 Å². The molecular weight excluding hydrogens is 224 g/mol. The summed E-state index contributed by atoms with van der Waals surface area (Å²) in [7, 11) is 0. The zero-order valence-electron chi connectivity index (χ0n) is 11.9. The largest absolute Gasteiger partial charge is 0.457 e. The zero-order valence-corrected chi connectivity index (χ0v) is 11.9. The third kappa shape index (κ3) is 5.17. The van der Waals surface area contributed by atoms with E-state index in [4.69, 9.17) is 4.74 Å². The van der Waals surface area contributed by atoms with Gasteiger partial charge in [-0.25, -0.2) is 4.79 Å². The molecule has 0 aliphatic rings. The summed E-state index contributed by atoms with van der Waals surface area (Å²) in [4.78, 5) is 11.5. The summed E-state index contributed by atoms with van der Waals surface area (Å²) in [6.07, 6.45) is 3.24. The maximum Gasteiger partial charge on any atom is 0.331 e. The SMILES string of the molecule is CC(C)c1ccc(C=CC(=O)OC(C)(C)C)cc1. The fraction of sp³-hybridized carbons (Fsp3) is 0.438. The highest BCUT2D eigenvalue weighted by molar-refractivity contribution is 5.87. The van der Waals surface area contributed by atoms with Crippen LogP contribution in [0.5, 0.6) is 0 Å². The van der Waals surface area contributed by atoms with Gasteiger partial charge in [0, 0.05) is 6.08 Å². The third-order valence-corrected chi connectivity index (χ3v) is 2.42. The van der Waals surface area contributed by atoms with Crippen molar-refractivity contribution in [3.05, 3.63) is 41.5 Å². The van der Waals surface area contributed by atoms with Crippen LogP contribution in [0.4, 0.5) is 0 Å². The highest BCUT2D eigenvalue weighted by Gasteiger charge is 2.13. The molecule has 0 atom stereocenters. The summed E-state index contributed by atoms with van der Waals surface area (Å²) in [6.45, 7) is 9.89. The lowest BCUT2D eigenvalue weighted by molar-refractivity contribution is -0.148. The van der Waals surface area contributed by atoms with Crippen molar-refractivity contribution in [2.75, 3.05) is 0 Å². The van der Waals surface area contributed by atoms with Crippen molar-refractivity contribution in [2.45, 2.75) is 46.1 Å². The minimum atomic E-state index is -0.442. The molecule has 0 N–H and O–H groups in total. The van der Waals surface area contributed by atoms with Crippen molar-refractivity contribution in [2.24, 2.45) is 0 Å². The van der Waals surface area contributed by atoms with Gasteiger partial charge in [-0.2, -0.15) is 0 Å². The molecule has 0 heterocycles. The van der Waals surface area contributed by atoms with Gasteiger partial charge in [0.2, 0.25) is 0 Å². The van der Waals surface area contributed by atoms with Crippen molar-refractivity contribution < 1.29 is 9.53 Å². The highest BCUT2D eigenvalue weighted by Crippen LogP contribution is 2.15. The Morgan fingerprint density at radius 1 is 1.17 bits per heavy atom. The second-order valence-corrected chi connectivity index (χ2v) is 5.69. The van der Waals surface area contributed by atoms with Crippen molar-refractivity contribution in [1.82, 2.24) is 0 Å². The molecule has 98 valence electrons. The maximum absolute atomic E-state index is 11.5. The monoisotopic (exact) mass is 246 g/mol. The summed E-state index contributed by atoms with van der Waals surface area (Å²) < 4.78 is 5.20. The van der Waals surface area contributed by atoms with Crippen LogP contribution in [0.15, 0.2) is 30.3 Å². The van der Waals surface area contributed by atoms with E-state index in [-0.39, 0.29) is 5.97 Å². The van der Waals surface area contributed by atoms with Crippen LogP contribution in [0.3, 0.4) is 0 Å². The predicted molar refractivity (Wildman–Crippen MR) is 75.4 cm³/mol. The molecule has 0 aromatic heterocycles. The zero-order chi connectivity index (χ0) is 13.8. The molecule has 18 heavy (non-hydrogen) atoms. The van der Waals surface area contributed by atoms with Crippen molar-refractivity contribution >= 4 is 12.0 Å². The summed E-state index contributed by atoms with van der Waals surface area (Å²) in [5.41, 5.74) is 1.86. The average Bonchev–Trinajstić information content (AvgIpc) is 2.24. The van der Waals surface area contributed by atoms with E-state index in [1.54, 1.807) is 6.08 Å². The van der Waals surface area contributed by atoms with Crippen LogP contribution in [0, 0.1) is 0 Å². The molecule has 0 spiro atoms. The number of hydrogen-bond acceptors (Lipinski definition) is 2. The van der Waals surface area contributed by atoms with Gasteiger partial charge in [-0.3, -0.25) is 0 Å². The summed E-state index contributed by atoms with van der Waals surface area (Å²) in [6, 6.07) is 8.19. The quantitative estimate of drug-likeness (QED) is 0.591. The second kappa shape index (κ2) is 5.85. The molecule has 0 amide bonds. The smallest absolute Gasteiger partial charge is 0.331 e. The lowest BCUT2D eigenvalue weighted by atomic mass is 10.0. The number of esters is 1. The molecule has 2 nitrogen and oxygen atoms in total. The molecule has 0 radical (unpaired) electrons. The molecular formula is C16H22O2. The molecule has 0 bridgehead atoms. The molecule has 1 rings (SSSR count). The topological polar surface area (TPSA) is 26.3 Å². The van der Waals surface area contributed by atoms with Gasteiger partial charge in [-0.1, -0.05) is 38.1 Å². The number of ether oxygens (including phenoxy) is 1. The Morgan fingerprint density at radius 2 is 1.72 bits per heavy atom. The highest BCUT2D eigenvalue weighted by atomic mass is 16.6. The van der Waals surface area contributed by atoms with E-state index in [1.807, 2.05) is 32.9 Å². The van der Waals surface area contributed by atoms with E-state index in [2.05, 4.69) is 26.0 Å². The molecule has 0 fully saturated rings. The molecule has 0 aliphatic heterocycles. The van der Waals surface area contributed by atoms with Crippen LogP contribution in [-0.2, 0) is 9.53 Å². The second-order valence-electron chi connectivity index (χ2n) is 5.69. The van der Waals surface area contributed by atoms with Gasteiger partial charge >= 0.3 is 5.97 Å². The standard InChI is InChI=1S/C16H22O2/c1-12(2)14-9-6-13(7-10-14)8-11-15(17)18-16(3,4)5/h6-12H,1-5H3. The van der Waals surface area contributed by atoms with Gasteiger partial charge in [-0.05, 0) is 43.9 Å². The Balaban J connectivity index is 2.65. The van der Waals surface area contributed by atoms with Gasteiger partial charge < -0.3 is 4.74 Å². The third-order valence-electron chi connectivity index (χ3n) is 2.42. The maximum atomic E-state index is 11.5. The van der Waals surface area contributed by atoms with E-state index in [1.165, 1.54) is 11.6 Å². The Morgan fingerprint density at radius 3 is 2.17 bits per heavy atom. The van der Waals surface area contributed by atoms with E-state index in [0.717, 1.165) is 5.56 Å². The minimum absolute atomic E-state index is 0.310. The molecule has 0 aliphatic carbocycles. The normalized spacial score (nSPS) is 12.1. The van der Waals surface area contributed by atoms with Crippen molar-refractivity contribution in [3.8, 4) is 0 Å². The first-order chi connectivity index (χ1) is 8.28. The number of rotatable bonds is 3. The van der Waals surface area contributed by atoms with Crippen molar-refractivity contribution in [1.29, 1.82) is 0 Å². The molecule has 2 heteroatoms. The molecule has 1 aromatic rings. The predicted octanol–water partition coefficient (Wildman–Crippen LogP) is 4.16. The van der Waals surface area contributed by atoms with Crippen LogP contribution in [0.2, 0.25) is 0 Å². The number of carbonyl (C=O) groups is 1. The number of carbonyl (C=O) groups excluding carboxylic acids is 1. The van der Waals surface area contributed by atoms with Crippen molar-refractivity contribution in [3.63, 3.8) is 0 Å². The summed E-state index contributed by atoms with van der Waals surface area (Å²) >= 11 is 0. The first kappa shape index (κ1) is 14.5. The van der Waals surface area contributed by atoms with Crippen LogP contribution >= 0.6 is 0 Å². The van der Waals surface area contributed by atoms with Gasteiger partial charge in [0.05, 0.1) is 0 Å². The molecule has 0 saturated heterocycles. The van der Waals surface area contributed by atoms with Crippen LogP contribution in [-0.4, -0.2) is 11.6 Å². The van der Waals surface area contributed by atoms with E-state index in [0.29, 0.717) is 5.92 Å². The van der Waals surface area contributed by atoms with Gasteiger partial charge in [-0.15, -0.1) is 0 Å². The van der Waals surface area contributed by atoms with Crippen LogP contribution < -0.4 is 0 Å². The number of hydrogen-bond donors (Lipinski definition) is 0. The first-order valence-corrected chi connectivity index (χ1v) is 6.29. The number of benzene rings is 1. The average molecular weight is 246 g/mol.